The molecule has 1 aliphatic rings. The number of hydrogen-bond acceptors (Lipinski definition) is 5. The van der Waals surface area contributed by atoms with Gasteiger partial charge in [-0.05, 0) is 44.4 Å². The Bertz CT molecular complexity index is 679. The molecule has 0 aliphatic carbocycles. The van der Waals surface area contributed by atoms with Gasteiger partial charge in [0.25, 0.3) is 0 Å². The lowest BCUT2D eigenvalue weighted by Gasteiger charge is -2.35. The number of amides is 1. The lowest BCUT2D eigenvalue weighted by molar-refractivity contribution is 0.0914. The maximum atomic E-state index is 11.9. The molecule has 9 heteroatoms. The maximum Gasteiger partial charge on any atom is 0.409 e. The van der Waals surface area contributed by atoms with Gasteiger partial charge in [-0.2, -0.15) is 0 Å². The van der Waals surface area contributed by atoms with E-state index in [1.165, 1.54) is 5.56 Å². The molecule has 0 saturated carbocycles. The van der Waals surface area contributed by atoms with E-state index in [0.717, 1.165) is 56.5 Å². The molecule has 2 rings (SSSR count). The van der Waals surface area contributed by atoms with Gasteiger partial charge < -0.3 is 29.3 Å². The number of piperazine rings is 1. The van der Waals surface area contributed by atoms with Gasteiger partial charge in [0.15, 0.2) is 17.5 Å². The summed E-state index contributed by atoms with van der Waals surface area (Å²) in [6.07, 6.45) is 1.62. The molecule has 0 radical (unpaired) electrons. The number of aryl methyl sites for hydroxylation is 1. The summed E-state index contributed by atoms with van der Waals surface area (Å²) in [7, 11) is 3.29. The molecular formula is C21H35IN4O4. The zero-order chi connectivity index (χ0) is 21.1. The highest BCUT2D eigenvalue weighted by Crippen LogP contribution is 2.27. The fourth-order valence-electron chi connectivity index (χ4n) is 3.25. The molecule has 1 fully saturated rings. The van der Waals surface area contributed by atoms with Crippen LogP contribution in [0.3, 0.4) is 0 Å². The predicted octanol–water partition coefficient (Wildman–Crippen LogP) is 2.99. The first-order chi connectivity index (χ1) is 14.1. The quantitative estimate of drug-likeness (QED) is 0.239. The first kappa shape index (κ1) is 26.1. The molecule has 8 nitrogen and oxygen atoms in total. The SMILES string of the molecule is CCNC(=NCCCc1ccc(OC)c(OC)c1)N1CCN(C(=O)OCC)CC1.I. The van der Waals surface area contributed by atoms with Crippen molar-refractivity contribution in [2.24, 2.45) is 4.99 Å². The van der Waals surface area contributed by atoms with Gasteiger partial charge in [0, 0.05) is 39.3 Å². The first-order valence-corrected chi connectivity index (χ1v) is 10.3. The number of halogens is 1. The molecule has 0 spiro atoms. The second kappa shape index (κ2) is 14.2. The van der Waals surface area contributed by atoms with Crippen LogP contribution in [0.5, 0.6) is 11.5 Å². The van der Waals surface area contributed by atoms with Crippen LogP contribution in [0.25, 0.3) is 0 Å². The molecule has 1 saturated heterocycles. The summed E-state index contributed by atoms with van der Waals surface area (Å²) in [5, 5.41) is 3.36. The molecule has 1 aromatic carbocycles. The molecule has 1 aromatic rings. The minimum Gasteiger partial charge on any atom is -0.493 e. The van der Waals surface area contributed by atoms with Gasteiger partial charge >= 0.3 is 6.09 Å². The van der Waals surface area contributed by atoms with E-state index in [1.54, 1.807) is 19.1 Å². The summed E-state index contributed by atoms with van der Waals surface area (Å²) in [5.74, 6) is 2.40. The number of aliphatic imine (C=N–C) groups is 1. The van der Waals surface area contributed by atoms with Crippen molar-refractivity contribution >= 4 is 36.0 Å². The van der Waals surface area contributed by atoms with Gasteiger partial charge in [-0.15, -0.1) is 24.0 Å². The minimum atomic E-state index is -0.232. The molecule has 0 bridgehead atoms. The Hall–Kier alpha value is -1.91. The van der Waals surface area contributed by atoms with E-state index >= 15 is 0 Å². The minimum absolute atomic E-state index is 0. The number of hydrogen-bond donors (Lipinski definition) is 1. The Morgan fingerprint density at radius 3 is 2.33 bits per heavy atom. The molecule has 0 unspecified atom stereocenters. The van der Waals surface area contributed by atoms with E-state index in [9.17, 15) is 4.79 Å². The van der Waals surface area contributed by atoms with Crippen molar-refractivity contribution in [3.8, 4) is 11.5 Å². The predicted molar refractivity (Wildman–Crippen MR) is 129 cm³/mol. The Morgan fingerprint density at radius 2 is 1.73 bits per heavy atom. The summed E-state index contributed by atoms with van der Waals surface area (Å²) >= 11 is 0. The van der Waals surface area contributed by atoms with Crippen LogP contribution in [0.1, 0.15) is 25.8 Å². The number of rotatable bonds is 8. The van der Waals surface area contributed by atoms with Gasteiger partial charge in [0.2, 0.25) is 0 Å². The summed E-state index contributed by atoms with van der Waals surface area (Å²) < 4.78 is 15.7. The van der Waals surface area contributed by atoms with Crippen LogP contribution >= 0.6 is 24.0 Å². The third-order valence-corrected chi connectivity index (χ3v) is 4.77. The van der Waals surface area contributed by atoms with Crippen molar-refractivity contribution < 1.29 is 19.0 Å². The fraction of sp³-hybridized carbons (Fsp3) is 0.619. The number of carbonyl (C=O) groups is 1. The zero-order valence-electron chi connectivity index (χ0n) is 18.5. The van der Waals surface area contributed by atoms with Gasteiger partial charge in [-0.25, -0.2) is 4.79 Å². The Balaban J connectivity index is 0.00000450. The fourth-order valence-corrected chi connectivity index (χ4v) is 3.25. The monoisotopic (exact) mass is 534 g/mol. The van der Waals surface area contributed by atoms with Crippen molar-refractivity contribution in [1.82, 2.24) is 15.1 Å². The summed E-state index contributed by atoms with van der Waals surface area (Å²) in [6.45, 7) is 8.63. The van der Waals surface area contributed by atoms with Crippen molar-refractivity contribution in [1.29, 1.82) is 0 Å². The molecule has 170 valence electrons. The average Bonchev–Trinajstić information content (AvgIpc) is 2.76. The van der Waals surface area contributed by atoms with Gasteiger partial charge in [0.1, 0.15) is 0 Å². The van der Waals surface area contributed by atoms with E-state index in [-0.39, 0.29) is 30.1 Å². The van der Waals surface area contributed by atoms with E-state index in [0.29, 0.717) is 19.7 Å². The van der Waals surface area contributed by atoms with Gasteiger partial charge in [0.05, 0.1) is 20.8 Å². The van der Waals surface area contributed by atoms with E-state index < -0.39 is 0 Å². The number of carbonyl (C=O) groups excluding carboxylic acids is 1. The highest BCUT2D eigenvalue weighted by Gasteiger charge is 2.23. The normalized spacial score (nSPS) is 14.1. The number of methoxy groups -OCH3 is 2. The van der Waals surface area contributed by atoms with Crippen LogP contribution in [0.15, 0.2) is 23.2 Å². The first-order valence-electron chi connectivity index (χ1n) is 10.3. The highest BCUT2D eigenvalue weighted by molar-refractivity contribution is 14.0. The van der Waals surface area contributed by atoms with Gasteiger partial charge in [-0.3, -0.25) is 4.99 Å². The lowest BCUT2D eigenvalue weighted by Crippen LogP contribution is -2.53. The Labute approximate surface area is 197 Å². The van der Waals surface area contributed by atoms with Crippen molar-refractivity contribution in [3.05, 3.63) is 23.8 Å². The number of benzene rings is 1. The second-order valence-electron chi connectivity index (χ2n) is 6.70. The molecule has 0 aromatic heterocycles. The molecule has 1 heterocycles. The molecular weight excluding hydrogens is 499 g/mol. The van der Waals surface area contributed by atoms with E-state index in [2.05, 4.69) is 23.2 Å². The lowest BCUT2D eigenvalue weighted by atomic mass is 10.1. The topological polar surface area (TPSA) is 75.6 Å². The number of nitrogens with one attached hydrogen (secondary N) is 1. The maximum absolute atomic E-state index is 11.9. The van der Waals surface area contributed by atoms with Crippen LogP contribution in [-0.4, -0.2) is 81.9 Å². The van der Waals surface area contributed by atoms with E-state index in [1.807, 2.05) is 19.1 Å². The summed E-state index contributed by atoms with van der Waals surface area (Å²) in [4.78, 5) is 20.6. The number of nitrogens with zero attached hydrogens (tertiary/aromatic N) is 3. The molecule has 30 heavy (non-hydrogen) atoms. The third-order valence-electron chi connectivity index (χ3n) is 4.77. The molecule has 0 atom stereocenters. The van der Waals surface area contributed by atoms with Crippen LogP contribution in [-0.2, 0) is 11.2 Å². The summed E-state index contributed by atoms with van der Waals surface area (Å²) in [5.41, 5.74) is 1.20. The second-order valence-corrected chi connectivity index (χ2v) is 6.70. The smallest absolute Gasteiger partial charge is 0.409 e. The Morgan fingerprint density at radius 1 is 1.07 bits per heavy atom. The molecule has 1 aliphatic heterocycles. The van der Waals surface area contributed by atoms with Crippen LogP contribution < -0.4 is 14.8 Å². The zero-order valence-corrected chi connectivity index (χ0v) is 20.8. The van der Waals surface area contributed by atoms with Crippen LogP contribution in [0, 0.1) is 0 Å². The van der Waals surface area contributed by atoms with Crippen LogP contribution in [0.4, 0.5) is 4.79 Å². The molecule has 1 N–H and O–H groups in total. The van der Waals surface area contributed by atoms with Crippen molar-refractivity contribution in [2.75, 3.05) is 60.1 Å². The van der Waals surface area contributed by atoms with Crippen molar-refractivity contribution in [3.63, 3.8) is 0 Å². The van der Waals surface area contributed by atoms with E-state index in [4.69, 9.17) is 19.2 Å². The average molecular weight is 534 g/mol. The highest BCUT2D eigenvalue weighted by atomic mass is 127. The molecule has 1 amide bonds. The number of ether oxygens (including phenoxy) is 3. The van der Waals surface area contributed by atoms with Crippen LogP contribution in [0.2, 0.25) is 0 Å². The largest absolute Gasteiger partial charge is 0.493 e. The Kier molecular flexibility index (Phi) is 12.3. The van der Waals surface area contributed by atoms with Crippen molar-refractivity contribution in [2.45, 2.75) is 26.7 Å². The number of guanidine groups is 1. The summed E-state index contributed by atoms with van der Waals surface area (Å²) in [6, 6.07) is 6.01. The third kappa shape index (κ3) is 7.73. The van der Waals surface area contributed by atoms with Gasteiger partial charge in [-0.1, -0.05) is 6.07 Å². The standard InChI is InChI=1S/C21H34N4O4.HI/c1-5-22-20(24-12-14-25(15-13-24)21(26)29-6-2)23-11-7-8-17-9-10-18(27-3)19(16-17)28-4;/h9-10,16H,5-8,11-15H2,1-4H3,(H,22,23);1H.